The lowest BCUT2D eigenvalue weighted by molar-refractivity contribution is 1.11. The van der Waals surface area contributed by atoms with Crippen LogP contribution in [0.2, 0.25) is 10.0 Å². The van der Waals surface area contributed by atoms with E-state index >= 15 is 0 Å². The van der Waals surface area contributed by atoms with Crippen molar-refractivity contribution < 1.29 is 0 Å². The number of hydrogen-bond donors (Lipinski definition) is 1. The Labute approximate surface area is 86.6 Å². The van der Waals surface area contributed by atoms with Crippen LogP contribution in [0.3, 0.4) is 0 Å². The van der Waals surface area contributed by atoms with Gasteiger partial charge in [0.1, 0.15) is 11.5 Å². The maximum Gasteiger partial charge on any atom is 0.146 e. The lowest BCUT2D eigenvalue weighted by atomic mass is 10.3. The summed E-state index contributed by atoms with van der Waals surface area (Å²) in [5.74, 6) is 0.337. The van der Waals surface area contributed by atoms with Crippen LogP contribution in [0.25, 0.3) is 0 Å². The van der Waals surface area contributed by atoms with Gasteiger partial charge < -0.3 is 5.73 Å². The first kappa shape index (κ1) is 10.3. The van der Waals surface area contributed by atoms with E-state index in [0.717, 1.165) is 0 Å². The summed E-state index contributed by atoms with van der Waals surface area (Å²) >= 11 is 11.5. The third-order valence-electron chi connectivity index (χ3n) is 1.38. The zero-order valence-electron chi connectivity index (χ0n) is 7.09. The molecular weight excluding hydrogens is 209 g/mol. The van der Waals surface area contributed by atoms with Gasteiger partial charge in [-0.25, -0.2) is 4.98 Å². The molecule has 0 atom stereocenters. The standard InChI is InChI=1S/C8H9Cl2N3/c1-2-12-8(11)7-6(10)3-5(9)4-13-7/h3-4H,2H2,1H3,(H2,11,12). The summed E-state index contributed by atoms with van der Waals surface area (Å²) in [6.07, 6.45) is 1.49. The number of hydrogen-bond acceptors (Lipinski definition) is 2. The third-order valence-corrected chi connectivity index (χ3v) is 1.87. The molecule has 13 heavy (non-hydrogen) atoms. The van der Waals surface area contributed by atoms with Gasteiger partial charge in [-0.2, -0.15) is 0 Å². The Morgan fingerprint density at radius 3 is 2.85 bits per heavy atom. The first-order chi connectivity index (χ1) is 6.15. The molecule has 0 aliphatic carbocycles. The molecule has 1 heterocycles. The van der Waals surface area contributed by atoms with Crippen molar-refractivity contribution in [2.45, 2.75) is 6.92 Å². The molecule has 0 bridgehead atoms. The largest absolute Gasteiger partial charge is 0.382 e. The van der Waals surface area contributed by atoms with Crippen LogP contribution < -0.4 is 5.73 Å². The minimum absolute atomic E-state index is 0.337. The molecule has 5 heteroatoms. The summed E-state index contributed by atoms with van der Waals surface area (Å²) in [6, 6.07) is 1.59. The van der Waals surface area contributed by atoms with Crippen molar-refractivity contribution in [1.29, 1.82) is 0 Å². The fourth-order valence-electron chi connectivity index (χ4n) is 0.848. The van der Waals surface area contributed by atoms with Gasteiger partial charge in [-0.05, 0) is 13.0 Å². The Kier molecular flexibility index (Phi) is 3.51. The number of nitrogens with zero attached hydrogens (tertiary/aromatic N) is 2. The second-order valence-corrected chi connectivity index (χ2v) is 3.19. The zero-order valence-corrected chi connectivity index (χ0v) is 8.60. The molecule has 0 unspecified atom stereocenters. The SMILES string of the molecule is CCN=C(N)c1ncc(Cl)cc1Cl. The van der Waals surface area contributed by atoms with Crippen molar-refractivity contribution in [2.75, 3.05) is 6.54 Å². The molecule has 0 spiro atoms. The van der Waals surface area contributed by atoms with E-state index in [1.165, 1.54) is 6.20 Å². The van der Waals surface area contributed by atoms with Crippen molar-refractivity contribution in [3.05, 3.63) is 28.0 Å². The van der Waals surface area contributed by atoms with Crippen molar-refractivity contribution >= 4 is 29.0 Å². The molecule has 1 aromatic rings. The van der Waals surface area contributed by atoms with Gasteiger partial charge in [0.05, 0.1) is 10.0 Å². The summed E-state index contributed by atoms with van der Waals surface area (Å²) < 4.78 is 0. The third kappa shape index (κ3) is 2.57. The van der Waals surface area contributed by atoms with Crippen LogP contribution in [0.4, 0.5) is 0 Å². The molecule has 1 rings (SSSR count). The molecule has 0 radical (unpaired) electrons. The van der Waals surface area contributed by atoms with E-state index in [1.54, 1.807) is 6.07 Å². The van der Waals surface area contributed by atoms with Crippen LogP contribution in [0.5, 0.6) is 0 Å². The molecule has 3 nitrogen and oxygen atoms in total. The van der Waals surface area contributed by atoms with Crippen molar-refractivity contribution in [2.24, 2.45) is 10.7 Å². The van der Waals surface area contributed by atoms with Gasteiger partial charge >= 0.3 is 0 Å². The molecule has 0 saturated carbocycles. The van der Waals surface area contributed by atoms with Gasteiger partial charge in [-0.1, -0.05) is 23.2 Å². The number of pyridine rings is 1. The monoisotopic (exact) mass is 217 g/mol. The minimum Gasteiger partial charge on any atom is -0.382 e. The van der Waals surface area contributed by atoms with E-state index in [0.29, 0.717) is 28.1 Å². The molecule has 0 saturated heterocycles. The summed E-state index contributed by atoms with van der Waals surface area (Å²) in [5, 5.41) is 0.903. The van der Waals surface area contributed by atoms with E-state index in [4.69, 9.17) is 28.9 Å². The molecule has 0 fully saturated rings. The first-order valence-corrected chi connectivity index (χ1v) is 4.52. The molecule has 0 aliphatic heterocycles. The summed E-state index contributed by atoms with van der Waals surface area (Å²) in [7, 11) is 0. The minimum atomic E-state index is 0.337. The maximum atomic E-state index is 5.85. The highest BCUT2D eigenvalue weighted by molar-refractivity contribution is 6.36. The summed E-state index contributed by atoms with van der Waals surface area (Å²) in [6.45, 7) is 2.49. The number of rotatable bonds is 2. The number of nitrogens with two attached hydrogens (primary N) is 1. The highest BCUT2D eigenvalue weighted by atomic mass is 35.5. The highest BCUT2D eigenvalue weighted by Crippen LogP contribution is 2.17. The van der Waals surface area contributed by atoms with Gasteiger partial charge in [-0.15, -0.1) is 0 Å². The Morgan fingerprint density at radius 1 is 1.62 bits per heavy atom. The van der Waals surface area contributed by atoms with Crippen LogP contribution in [0.1, 0.15) is 12.6 Å². The molecule has 0 amide bonds. The number of aromatic nitrogens is 1. The van der Waals surface area contributed by atoms with Crippen molar-refractivity contribution in [3.8, 4) is 0 Å². The van der Waals surface area contributed by atoms with Gasteiger partial charge in [0.15, 0.2) is 0 Å². The average Bonchev–Trinajstić information content (AvgIpc) is 2.04. The predicted molar refractivity (Wildman–Crippen MR) is 55.5 cm³/mol. The lowest BCUT2D eigenvalue weighted by Crippen LogP contribution is -2.16. The normalized spacial score (nSPS) is 11.8. The second kappa shape index (κ2) is 4.44. The Morgan fingerprint density at radius 2 is 2.31 bits per heavy atom. The Bertz CT molecular complexity index is 336. The predicted octanol–water partition coefficient (Wildman–Crippen LogP) is 2.11. The van der Waals surface area contributed by atoms with Gasteiger partial charge in [0, 0.05) is 12.7 Å². The van der Waals surface area contributed by atoms with E-state index in [-0.39, 0.29) is 0 Å². The fourth-order valence-corrected chi connectivity index (χ4v) is 1.33. The zero-order chi connectivity index (χ0) is 9.84. The summed E-state index contributed by atoms with van der Waals surface area (Å²) in [5.41, 5.74) is 6.10. The summed E-state index contributed by atoms with van der Waals surface area (Å²) in [4.78, 5) is 7.97. The van der Waals surface area contributed by atoms with Gasteiger partial charge in [0.25, 0.3) is 0 Å². The maximum absolute atomic E-state index is 5.85. The van der Waals surface area contributed by atoms with Crippen LogP contribution >= 0.6 is 23.2 Å². The van der Waals surface area contributed by atoms with E-state index in [9.17, 15) is 0 Å². The average molecular weight is 218 g/mol. The first-order valence-electron chi connectivity index (χ1n) is 3.76. The van der Waals surface area contributed by atoms with E-state index in [2.05, 4.69) is 9.98 Å². The molecule has 2 N–H and O–H groups in total. The molecule has 0 aromatic carbocycles. The Balaban J connectivity index is 3.09. The molecule has 0 aliphatic rings. The second-order valence-electron chi connectivity index (χ2n) is 2.34. The van der Waals surface area contributed by atoms with Crippen molar-refractivity contribution in [3.63, 3.8) is 0 Å². The number of halogens is 2. The van der Waals surface area contributed by atoms with E-state index < -0.39 is 0 Å². The quantitative estimate of drug-likeness (QED) is 0.610. The number of aliphatic imine (C=N–C) groups is 1. The smallest absolute Gasteiger partial charge is 0.146 e. The van der Waals surface area contributed by atoms with Crippen LogP contribution in [-0.2, 0) is 0 Å². The van der Waals surface area contributed by atoms with Crippen LogP contribution in [-0.4, -0.2) is 17.4 Å². The van der Waals surface area contributed by atoms with Gasteiger partial charge in [0.2, 0.25) is 0 Å². The molecular formula is C8H9Cl2N3. The fraction of sp³-hybridized carbons (Fsp3) is 0.250. The molecule has 1 aromatic heterocycles. The topological polar surface area (TPSA) is 51.3 Å². The van der Waals surface area contributed by atoms with Crippen molar-refractivity contribution in [1.82, 2.24) is 4.98 Å². The van der Waals surface area contributed by atoms with Crippen LogP contribution in [0.15, 0.2) is 17.3 Å². The number of amidine groups is 1. The van der Waals surface area contributed by atoms with E-state index in [1.807, 2.05) is 6.92 Å². The van der Waals surface area contributed by atoms with Gasteiger partial charge in [-0.3, -0.25) is 4.99 Å². The Hall–Kier alpha value is -0.800. The highest BCUT2D eigenvalue weighted by Gasteiger charge is 2.05. The lowest BCUT2D eigenvalue weighted by Gasteiger charge is -2.01. The van der Waals surface area contributed by atoms with Crippen LogP contribution in [0, 0.1) is 0 Å². The molecule has 70 valence electrons.